The first-order valence-corrected chi connectivity index (χ1v) is 4.30. The Kier molecular flexibility index (Phi) is 2.30. The molecule has 1 aliphatic heterocycles. The Bertz CT molecular complexity index is 250. The number of rotatable bonds is 2. The first-order chi connectivity index (χ1) is 5.90. The zero-order valence-electron chi connectivity index (χ0n) is 8.13. The fourth-order valence-electron chi connectivity index (χ4n) is 1.23. The fraction of sp³-hybridized carbons (Fsp3) is 0.750. The summed E-state index contributed by atoms with van der Waals surface area (Å²) in [6.07, 6.45) is -0.169. The minimum Gasteiger partial charge on any atom is -0.314 e. The summed E-state index contributed by atoms with van der Waals surface area (Å²) in [6, 6.07) is -0.399. The standard InChI is InChI=1S/C8H15N3O2/c1-4-8(2,3)11-6(12)5(9)10-7(11)13/h5H,4,9H2,1-3H3,(H,10,13). The van der Waals surface area contributed by atoms with Crippen LogP contribution < -0.4 is 11.1 Å². The number of nitrogens with one attached hydrogen (secondary N) is 1. The number of imide groups is 1. The second-order valence-corrected chi connectivity index (χ2v) is 3.77. The van der Waals surface area contributed by atoms with Crippen LogP contribution in [-0.4, -0.2) is 28.5 Å². The molecule has 3 amide bonds. The van der Waals surface area contributed by atoms with Gasteiger partial charge in [0.2, 0.25) is 0 Å². The summed E-state index contributed by atoms with van der Waals surface area (Å²) in [6.45, 7) is 5.59. The fourth-order valence-corrected chi connectivity index (χ4v) is 1.23. The van der Waals surface area contributed by atoms with E-state index in [9.17, 15) is 9.59 Å². The molecule has 74 valence electrons. The largest absolute Gasteiger partial charge is 0.326 e. The highest BCUT2D eigenvalue weighted by atomic mass is 16.2. The molecule has 0 spiro atoms. The minimum absolute atomic E-state index is 0.350. The molecule has 0 aliphatic carbocycles. The van der Waals surface area contributed by atoms with Crippen LogP contribution in [0.1, 0.15) is 27.2 Å². The van der Waals surface area contributed by atoms with Gasteiger partial charge in [-0.15, -0.1) is 0 Å². The van der Waals surface area contributed by atoms with E-state index in [-0.39, 0.29) is 5.91 Å². The van der Waals surface area contributed by atoms with Gasteiger partial charge in [0.05, 0.1) is 0 Å². The Labute approximate surface area is 77.3 Å². The van der Waals surface area contributed by atoms with Crippen LogP contribution in [0.4, 0.5) is 4.79 Å². The predicted octanol–water partition coefficient (Wildman–Crippen LogP) is 0.0116. The lowest BCUT2D eigenvalue weighted by molar-refractivity contribution is -0.131. The molecule has 0 radical (unpaired) electrons. The van der Waals surface area contributed by atoms with Gasteiger partial charge in [-0.3, -0.25) is 9.69 Å². The maximum atomic E-state index is 11.4. The van der Waals surface area contributed by atoms with Crippen molar-refractivity contribution in [3.63, 3.8) is 0 Å². The lowest BCUT2D eigenvalue weighted by Crippen LogP contribution is -2.48. The molecule has 1 saturated heterocycles. The Morgan fingerprint density at radius 1 is 1.54 bits per heavy atom. The molecule has 1 atom stereocenters. The van der Waals surface area contributed by atoms with Crippen LogP contribution >= 0.6 is 0 Å². The first-order valence-electron chi connectivity index (χ1n) is 4.30. The highest BCUT2D eigenvalue weighted by Crippen LogP contribution is 2.21. The van der Waals surface area contributed by atoms with Gasteiger partial charge in [0.1, 0.15) is 0 Å². The summed E-state index contributed by atoms with van der Waals surface area (Å²) < 4.78 is 0. The third kappa shape index (κ3) is 1.51. The van der Waals surface area contributed by atoms with Crippen molar-refractivity contribution in [1.29, 1.82) is 0 Å². The number of carbonyl (C=O) groups excluding carboxylic acids is 2. The molecule has 3 N–H and O–H groups in total. The van der Waals surface area contributed by atoms with Gasteiger partial charge in [-0.2, -0.15) is 0 Å². The molecule has 0 bridgehead atoms. The molecule has 1 heterocycles. The van der Waals surface area contributed by atoms with Crippen LogP contribution in [0.25, 0.3) is 0 Å². The summed E-state index contributed by atoms with van der Waals surface area (Å²) in [5.41, 5.74) is 4.92. The van der Waals surface area contributed by atoms with Gasteiger partial charge in [0.25, 0.3) is 5.91 Å². The van der Waals surface area contributed by atoms with Crippen LogP contribution in [0, 0.1) is 0 Å². The summed E-state index contributed by atoms with van der Waals surface area (Å²) >= 11 is 0. The van der Waals surface area contributed by atoms with E-state index in [0.717, 1.165) is 0 Å². The molecular weight excluding hydrogens is 170 g/mol. The molecule has 13 heavy (non-hydrogen) atoms. The monoisotopic (exact) mass is 185 g/mol. The Morgan fingerprint density at radius 3 is 2.38 bits per heavy atom. The van der Waals surface area contributed by atoms with Crippen LogP contribution in [0.5, 0.6) is 0 Å². The molecule has 1 unspecified atom stereocenters. The number of hydrogen-bond donors (Lipinski definition) is 2. The molecule has 0 saturated carbocycles. The second-order valence-electron chi connectivity index (χ2n) is 3.77. The van der Waals surface area contributed by atoms with Gasteiger partial charge in [-0.1, -0.05) is 6.92 Å². The predicted molar refractivity (Wildman–Crippen MR) is 47.7 cm³/mol. The van der Waals surface area contributed by atoms with E-state index >= 15 is 0 Å². The highest BCUT2D eigenvalue weighted by molar-refractivity contribution is 6.04. The van der Waals surface area contributed by atoms with Crippen molar-refractivity contribution >= 4 is 11.9 Å². The Balaban J connectivity index is 2.92. The van der Waals surface area contributed by atoms with Gasteiger partial charge in [0.15, 0.2) is 6.17 Å². The van der Waals surface area contributed by atoms with E-state index in [0.29, 0.717) is 6.42 Å². The van der Waals surface area contributed by atoms with Gasteiger partial charge in [0, 0.05) is 5.54 Å². The van der Waals surface area contributed by atoms with Gasteiger partial charge < -0.3 is 11.1 Å². The molecule has 0 aromatic rings. The Hall–Kier alpha value is -1.10. The quantitative estimate of drug-likeness (QED) is 0.595. The summed E-state index contributed by atoms with van der Waals surface area (Å²) in [5.74, 6) is -0.350. The zero-order valence-corrected chi connectivity index (χ0v) is 8.13. The molecule has 0 aromatic heterocycles. The van der Waals surface area contributed by atoms with Crippen molar-refractivity contribution in [2.45, 2.75) is 38.9 Å². The van der Waals surface area contributed by atoms with Crippen molar-refractivity contribution in [2.75, 3.05) is 0 Å². The molecule has 1 fully saturated rings. The zero-order chi connectivity index (χ0) is 10.2. The minimum atomic E-state index is -0.877. The maximum Gasteiger partial charge on any atom is 0.326 e. The molecule has 1 aliphatic rings. The number of hydrogen-bond acceptors (Lipinski definition) is 3. The SMILES string of the molecule is CCC(C)(C)N1C(=O)NC(N)C1=O. The van der Waals surface area contributed by atoms with Crippen LogP contribution in [0.15, 0.2) is 0 Å². The average molecular weight is 185 g/mol. The molecule has 5 nitrogen and oxygen atoms in total. The lowest BCUT2D eigenvalue weighted by atomic mass is 10.00. The van der Waals surface area contributed by atoms with Crippen molar-refractivity contribution in [3.05, 3.63) is 0 Å². The van der Waals surface area contributed by atoms with Crippen molar-refractivity contribution in [1.82, 2.24) is 10.2 Å². The number of nitrogens with two attached hydrogens (primary N) is 1. The lowest BCUT2D eigenvalue weighted by Gasteiger charge is -2.31. The average Bonchev–Trinajstić information content (AvgIpc) is 2.27. The molecular formula is C8H15N3O2. The van der Waals surface area contributed by atoms with Crippen LogP contribution in [0.3, 0.4) is 0 Å². The maximum absolute atomic E-state index is 11.4. The number of nitrogens with zero attached hydrogens (tertiary/aromatic N) is 1. The third-order valence-corrected chi connectivity index (χ3v) is 2.44. The van der Waals surface area contributed by atoms with Crippen LogP contribution in [0.2, 0.25) is 0 Å². The summed E-state index contributed by atoms with van der Waals surface area (Å²) in [4.78, 5) is 23.9. The van der Waals surface area contributed by atoms with E-state index < -0.39 is 17.7 Å². The van der Waals surface area contributed by atoms with E-state index in [1.165, 1.54) is 4.90 Å². The number of urea groups is 1. The van der Waals surface area contributed by atoms with Crippen molar-refractivity contribution in [2.24, 2.45) is 5.73 Å². The number of amides is 3. The Morgan fingerprint density at radius 2 is 2.08 bits per heavy atom. The van der Waals surface area contributed by atoms with Gasteiger partial charge in [-0.25, -0.2) is 4.79 Å². The van der Waals surface area contributed by atoms with Crippen molar-refractivity contribution < 1.29 is 9.59 Å². The molecule has 0 aromatic carbocycles. The normalized spacial score (nSPS) is 23.7. The highest BCUT2D eigenvalue weighted by Gasteiger charge is 2.43. The van der Waals surface area contributed by atoms with E-state index in [1.807, 2.05) is 20.8 Å². The molecule has 1 rings (SSSR count). The topological polar surface area (TPSA) is 75.4 Å². The summed E-state index contributed by atoms with van der Waals surface area (Å²) in [7, 11) is 0. The third-order valence-electron chi connectivity index (χ3n) is 2.44. The van der Waals surface area contributed by atoms with E-state index in [4.69, 9.17) is 5.73 Å². The van der Waals surface area contributed by atoms with Crippen molar-refractivity contribution in [3.8, 4) is 0 Å². The van der Waals surface area contributed by atoms with Gasteiger partial charge >= 0.3 is 6.03 Å². The smallest absolute Gasteiger partial charge is 0.314 e. The molecule has 5 heteroatoms. The van der Waals surface area contributed by atoms with E-state index in [1.54, 1.807) is 0 Å². The first kappa shape index (κ1) is 9.98. The van der Waals surface area contributed by atoms with E-state index in [2.05, 4.69) is 5.32 Å². The summed E-state index contributed by atoms with van der Waals surface area (Å²) in [5, 5.41) is 2.37. The number of carbonyl (C=O) groups is 2. The van der Waals surface area contributed by atoms with Crippen LogP contribution in [-0.2, 0) is 4.79 Å². The second kappa shape index (κ2) is 2.99. The van der Waals surface area contributed by atoms with Gasteiger partial charge in [-0.05, 0) is 20.3 Å².